The van der Waals surface area contributed by atoms with Crippen molar-refractivity contribution in [3.63, 3.8) is 0 Å². The van der Waals surface area contributed by atoms with Crippen molar-refractivity contribution in [2.75, 3.05) is 21.3 Å². The maximum atomic E-state index is 12.2. The molecule has 2 aromatic rings. The summed E-state index contributed by atoms with van der Waals surface area (Å²) in [6, 6.07) is 9.84. The predicted molar refractivity (Wildman–Crippen MR) is 103 cm³/mol. The zero-order chi connectivity index (χ0) is 19.8. The van der Waals surface area contributed by atoms with Gasteiger partial charge in [0.2, 0.25) is 5.75 Å². The van der Waals surface area contributed by atoms with Crippen molar-refractivity contribution >= 4 is 5.97 Å². The standard InChI is InChI=1S/C22H26O5/c1-22(2,3)14-7-8-17-16(11-14)15(12-20(23)27-17)13-9-18(24-4)21(26-6)19(10-13)25-5/h7-11,15H,12H2,1-6H3/t15-/m0/s1. The van der Waals surface area contributed by atoms with Gasteiger partial charge in [0, 0.05) is 11.5 Å². The number of fused-ring (bicyclic) bond motifs is 1. The fraction of sp³-hybridized carbons (Fsp3) is 0.409. The molecule has 0 N–H and O–H groups in total. The van der Waals surface area contributed by atoms with Gasteiger partial charge in [0.05, 0.1) is 27.8 Å². The van der Waals surface area contributed by atoms with Crippen LogP contribution in [0.3, 0.4) is 0 Å². The smallest absolute Gasteiger partial charge is 0.312 e. The number of hydrogen-bond acceptors (Lipinski definition) is 5. The number of methoxy groups -OCH3 is 3. The summed E-state index contributed by atoms with van der Waals surface area (Å²) in [4.78, 5) is 12.2. The number of carbonyl (C=O) groups is 1. The summed E-state index contributed by atoms with van der Waals surface area (Å²) in [6.45, 7) is 6.49. The molecule has 144 valence electrons. The second-order valence-corrected chi connectivity index (χ2v) is 7.69. The molecular formula is C22H26O5. The van der Waals surface area contributed by atoms with E-state index in [0.717, 1.165) is 11.1 Å². The molecule has 0 fully saturated rings. The van der Waals surface area contributed by atoms with Crippen LogP contribution < -0.4 is 18.9 Å². The lowest BCUT2D eigenvalue weighted by Gasteiger charge is -2.28. The molecule has 0 saturated carbocycles. The van der Waals surface area contributed by atoms with Crippen molar-refractivity contribution in [2.45, 2.75) is 38.5 Å². The molecule has 0 aromatic heterocycles. The number of benzene rings is 2. The second-order valence-electron chi connectivity index (χ2n) is 7.69. The van der Waals surface area contributed by atoms with Gasteiger partial charge in [-0.1, -0.05) is 32.9 Å². The van der Waals surface area contributed by atoms with E-state index in [4.69, 9.17) is 18.9 Å². The fourth-order valence-electron chi connectivity index (χ4n) is 3.42. The van der Waals surface area contributed by atoms with Gasteiger partial charge >= 0.3 is 5.97 Å². The third-order valence-corrected chi connectivity index (χ3v) is 4.94. The quantitative estimate of drug-likeness (QED) is 0.588. The molecular weight excluding hydrogens is 344 g/mol. The van der Waals surface area contributed by atoms with E-state index in [1.807, 2.05) is 24.3 Å². The van der Waals surface area contributed by atoms with Crippen LogP contribution in [-0.2, 0) is 10.2 Å². The molecule has 1 atom stereocenters. The molecule has 0 unspecified atom stereocenters. The zero-order valence-electron chi connectivity index (χ0n) is 16.7. The van der Waals surface area contributed by atoms with Crippen LogP contribution in [-0.4, -0.2) is 27.3 Å². The van der Waals surface area contributed by atoms with Crippen LogP contribution in [0.5, 0.6) is 23.0 Å². The highest BCUT2D eigenvalue weighted by Crippen LogP contribution is 2.46. The lowest BCUT2D eigenvalue weighted by atomic mass is 9.80. The Morgan fingerprint density at radius 1 is 0.963 bits per heavy atom. The van der Waals surface area contributed by atoms with Gasteiger partial charge in [-0.3, -0.25) is 4.79 Å². The summed E-state index contributed by atoms with van der Waals surface area (Å²) in [5.41, 5.74) is 3.11. The van der Waals surface area contributed by atoms with Crippen molar-refractivity contribution in [3.8, 4) is 23.0 Å². The maximum absolute atomic E-state index is 12.2. The van der Waals surface area contributed by atoms with Gasteiger partial charge in [0.15, 0.2) is 11.5 Å². The SMILES string of the molecule is COc1cc([C@@H]2CC(=O)Oc3ccc(C(C)(C)C)cc32)cc(OC)c1OC. The summed E-state index contributed by atoms with van der Waals surface area (Å²) in [6.07, 6.45) is 0.263. The molecule has 1 aliphatic heterocycles. The van der Waals surface area contributed by atoms with E-state index in [1.54, 1.807) is 21.3 Å². The minimum atomic E-state index is -0.246. The highest BCUT2D eigenvalue weighted by atomic mass is 16.5. The average Bonchev–Trinajstić information content (AvgIpc) is 2.64. The van der Waals surface area contributed by atoms with Crippen LogP contribution in [0, 0.1) is 0 Å². The molecule has 0 radical (unpaired) electrons. The number of esters is 1. The minimum Gasteiger partial charge on any atom is -0.493 e. The Morgan fingerprint density at radius 3 is 2.11 bits per heavy atom. The third kappa shape index (κ3) is 3.59. The van der Waals surface area contributed by atoms with E-state index >= 15 is 0 Å². The Kier molecular flexibility index (Phi) is 5.05. The van der Waals surface area contributed by atoms with E-state index in [1.165, 1.54) is 5.56 Å². The van der Waals surface area contributed by atoms with Gasteiger partial charge in [-0.2, -0.15) is 0 Å². The van der Waals surface area contributed by atoms with E-state index < -0.39 is 0 Å². The highest BCUT2D eigenvalue weighted by molar-refractivity contribution is 5.78. The Balaban J connectivity index is 2.17. The van der Waals surface area contributed by atoms with Gasteiger partial charge in [0.1, 0.15) is 5.75 Å². The Hall–Kier alpha value is -2.69. The molecule has 0 spiro atoms. The van der Waals surface area contributed by atoms with Crippen LogP contribution in [0.4, 0.5) is 0 Å². The summed E-state index contributed by atoms with van der Waals surface area (Å²) >= 11 is 0. The van der Waals surface area contributed by atoms with Gasteiger partial charge in [-0.15, -0.1) is 0 Å². The van der Waals surface area contributed by atoms with Gasteiger partial charge in [-0.05, 0) is 34.7 Å². The second kappa shape index (κ2) is 7.14. The number of hydrogen-bond donors (Lipinski definition) is 0. The molecule has 3 rings (SSSR count). The molecule has 5 heteroatoms. The summed E-state index contributed by atoms with van der Waals surface area (Å²) in [5.74, 6) is 1.89. The number of rotatable bonds is 4. The van der Waals surface area contributed by atoms with Crippen LogP contribution >= 0.6 is 0 Å². The molecule has 5 nitrogen and oxygen atoms in total. The first-order chi connectivity index (χ1) is 12.8. The van der Waals surface area contributed by atoms with E-state index in [9.17, 15) is 4.79 Å². The average molecular weight is 370 g/mol. The van der Waals surface area contributed by atoms with Crippen molar-refractivity contribution in [1.29, 1.82) is 0 Å². The van der Waals surface area contributed by atoms with E-state index in [2.05, 4.69) is 26.8 Å². The molecule has 0 bridgehead atoms. The van der Waals surface area contributed by atoms with Crippen LogP contribution in [0.1, 0.15) is 49.8 Å². The lowest BCUT2D eigenvalue weighted by molar-refractivity contribution is -0.135. The van der Waals surface area contributed by atoms with E-state index in [0.29, 0.717) is 23.0 Å². The van der Waals surface area contributed by atoms with Gasteiger partial charge < -0.3 is 18.9 Å². The summed E-state index contributed by atoms with van der Waals surface area (Å²) < 4.78 is 21.9. The normalized spacial score (nSPS) is 16.4. The Morgan fingerprint density at radius 2 is 1.59 bits per heavy atom. The van der Waals surface area contributed by atoms with Gasteiger partial charge in [0.25, 0.3) is 0 Å². The third-order valence-electron chi connectivity index (χ3n) is 4.94. The first-order valence-corrected chi connectivity index (χ1v) is 8.93. The molecule has 27 heavy (non-hydrogen) atoms. The highest BCUT2D eigenvalue weighted by Gasteiger charge is 2.31. The van der Waals surface area contributed by atoms with E-state index in [-0.39, 0.29) is 23.7 Å². The lowest BCUT2D eigenvalue weighted by Crippen LogP contribution is -2.22. The first-order valence-electron chi connectivity index (χ1n) is 8.93. The maximum Gasteiger partial charge on any atom is 0.312 e. The van der Waals surface area contributed by atoms with Crippen LogP contribution in [0.2, 0.25) is 0 Å². The molecule has 0 amide bonds. The molecule has 0 aliphatic carbocycles. The topological polar surface area (TPSA) is 54.0 Å². The van der Waals surface area contributed by atoms with Crippen molar-refractivity contribution < 1.29 is 23.7 Å². The van der Waals surface area contributed by atoms with Gasteiger partial charge in [-0.25, -0.2) is 0 Å². The molecule has 1 heterocycles. The Labute approximate surface area is 160 Å². The summed E-state index contributed by atoms with van der Waals surface area (Å²) in [5, 5.41) is 0. The van der Waals surface area contributed by atoms with Crippen molar-refractivity contribution in [1.82, 2.24) is 0 Å². The molecule has 0 saturated heterocycles. The number of carbonyl (C=O) groups excluding carboxylic acids is 1. The first kappa shape index (κ1) is 19.1. The monoisotopic (exact) mass is 370 g/mol. The fourth-order valence-corrected chi connectivity index (χ4v) is 3.42. The molecule has 2 aromatic carbocycles. The Bertz CT molecular complexity index is 838. The largest absolute Gasteiger partial charge is 0.493 e. The number of ether oxygens (including phenoxy) is 4. The predicted octanol–water partition coefficient (Wildman–Crippen LogP) is 4.45. The van der Waals surface area contributed by atoms with Crippen molar-refractivity contribution in [2.24, 2.45) is 0 Å². The van der Waals surface area contributed by atoms with Crippen LogP contribution in [0.15, 0.2) is 30.3 Å². The summed E-state index contributed by atoms with van der Waals surface area (Å²) in [7, 11) is 4.74. The van der Waals surface area contributed by atoms with Crippen LogP contribution in [0.25, 0.3) is 0 Å². The van der Waals surface area contributed by atoms with Crippen molar-refractivity contribution in [3.05, 3.63) is 47.0 Å². The minimum absolute atomic E-state index is 0.00365. The molecule has 1 aliphatic rings. The zero-order valence-corrected chi connectivity index (χ0v) is 16.7.